The second-order valence-corrected chi connectivity index (χ2v) is 8.00. The number of anilines is 1. The first-order valence-electron chi connectivity index (χ1n) is 9.28. The Balaban J connectivity index is 1.66. The molecule has 2 aromatic rings. The summed E-state index contributed by atoms with van der Waals surface area (Å²) in [5.74, 6) is 0.861. The molecule has 2 aromatic carbocycles. The average Bonchev–Trinajstić information content (AvgIpc) is 3.16. The van der Waals surface area contributed by atoms with E-state index in [1.165, 1.54) is 11.1 Å². The second-order valence-electron chi connectivity index (χ2n) is 7.08. The molecule has 4 rings (SSSR count). The van der Waals surface area contributed by atoms with Crippen molar-refractivity contribution in [2.75, 3.05) is 11.9 Å². The van der Waals surface area contributed by atoms with Crippen LogP contribution in [0.4, 0.5) is 5.69 Å². The lowest BCUT2D eigenvalue weighted by Gasteiger charge is -2.37. The molecule has 1 aliphatic carbocycles. The number of carbonyl (C=O) groups excluding carboxylic acids is 1. The molecule has 3 nitrogen and oxygen atoms in total. The maximum absolute atomic E-state index is 12.3. The maximum atomic E-state index is 12.3. The number of halogens is 1. The summed E-state index contributed by atoms with van der Waals surface area (Å²) in [6.07, 6.45) is 6.59. The zero-order chi connectivity index (χ0) is 18.1. The average molecular weight is 411 g/mol. The van der Waals surface area contributed by atoms with Gasteiger partial charge in [0.05, 0.1) is 6.04 Å². The Hall–Kier alpha value is -2.07. The molecular formula is C22H23BrN2O. The molecule has 0 aromatic heterocycles. The lowest BCUT2D eigenvalue weighted by molar-refractivity contribution is 0.0953. The van der Waals surface area contributed by atoms with Gasteiger partial charge < -0.3 is 10.6 Å². The maximum Gasteiger partial charge on any atom is 0.251 e. The quantitative estimate of drug-likeness (QED) is 0.660. The van der Waals surface area contributed by atoms with E-state index in [9.17, 15) is 4.79 Å². The van der Waals surface area contributed by atoms with Crippen molar-refractivity contribution in [2.45, 2.75) is 31.7 Å². The van der Waals surface area contributed by atoms with Crippen LogP contribution in [-0.2, 0) is 0 Å². The van der Waals surface area contributed by atoms with Crippen LogP contribution in [0.2, 0.25) is 0 Å². The number of hydrogen-bond donors (Lipinski definition) is 2. The van der Waals surface area contributed by atoms with Crippen molar-refractivity contribution in [2.24, 2.45) is 5.92 Å². The molecule has 3 atom stereocenters. The van der Waals surface area contributed by atoms with Gasteiger partial charge in [-0.1, -0.05) is 47.1 Å². The van der Waals surface area contributed by atoms with Gasteiger partial charge >= 0.3 is 0 Å². The van der Waals surface area contributed by atoms with E-state index in [4.69, 9.17) is 0 Å². The van der Waals surface area contributed by atoms with Gasteiger partial charge in [-0.05, 0) is 60.2 Å². The minimum absolute atomic E-state index is 0.0169. The molecule has 1 aliphatic heterocycles. The molecule has 1 amide bonds. The smallest absolute Gasteiger partial charge is 0.251 e. The molecule has 0 unspecified atom stereocenters. The molecular weight excluding hydrogens is 388 g/mol. The van der Waals surface area contributed by atoms with Gasteiger partial charge in [0.15, 0.2) is 0 Å². The van der Waals surface area contributed by atoms with Gasteiger partial charge in [0.25, 0.3) is 5.91 Å². The summed E-state index contributed by atoms with van der Waals surface area (Å²) in [5.41, 5.74) is 4.43. The SMILES string of the molecule is CCCNC(=O)c1ccc2c(c1)[C@@H]1C=CC[C@@H]1[C@@H](c1ccc(Br)cc1)N2. The summed E-state index contributed by atoms with van der Waals surface area (Å²) >= 11 is 3.52. The Bertz CT molecular complexity index is 844. The summed E-state index contributed by atoms with van der Waals surface area (Å²) in [4.78, 5) is 12.3. The zero-order valence-electron chi connectivity index (χ0n) is 14.8. The van der Waals surface area contributed by atoms with Gasteiger partial charge in [-0.15, -0.1) is 0 Å². The summed E-state index contributed by atoms with van der Waals surface area (Å²) in [5, 5.41) is 6.70. The number of nitrogens with one attached hydrogen (secondary N) is 2. The number of allylic oxidation sites excluding steroid dienone is 2. The van der Waals surface area contributed by atoms with Crippen LogP contribution >= 0.6 is 15.9 Å². The Morgan fingerprint density at radius 2 is 2.04 bits per heavy atom. The normalized spacial score (nSPS) is 23.1. The summed E-state index contributed by atoms with van der Waals surface area (Å²) < 4.78 is 1.10. The van der Waals surface area contributed by atoms with E-state index in [-0.39, 0.29) is 11.9 Å². The number of fused-ring (bicyclic) bond motifs is 3. The van der Waals surface area contributed by atoms with E-state index in [1.54, 1.807) is 0 Å². The Morgan fingerprint density at radius 1 is 1.23 bits per heavy atom. The van der Waals surface area contributed by atoms with Gasteiger partial charge in [0.2, 0.25) is 0 Å². The lowest BCUT2D eigenvalue weighted by atomic mass is 9.76. The zero-order valence-corrected chi connectivity index (χ0v) is 16.4. The van der Waals surface area contributed by atoms with Crippen LogP contribution in [0, 0.1) is 5.92 Å². The Kier molecular flexibility index (Phi) is 4.86. The van der Waals surface area contributed by atoms with E-state index >= 15 is 0 Å². The molecule has 26 heavy (non-hydrogen) atoms. The van der Waals surface area contributed by atoms with E-state index in [2.05, 4.69) is 82.0 Å². The first-order chi connectivity index (χ1) is 12.7. The van der Waals surface area contributed by atoms with Crippen molar-refractivity contribution in [3.8, 4) is 0 Å². The highest BCUT2D eigenvalue weighted by molar-refractivity contribution is 9.10. The van der Waals surface area contributed by atoms with Crippen molar-refractivity contribution in [3.63, 3.8) is 0 Å². The van der Waals surface area contributed by atoms with Crippen molar-refractivity contribution in [3.05, 3.63) is 75.8 Å². The van der Waals surface area contributed by atoms with Crippen LogP contribution in [-0.4, -0.2) is 12.5 Å². The molecule has 134 valence electrons. The Labute approximate surface area is 163 Å². The van der Waals surface area contributed by atoms with Crippen molar-refractivity contribution < 1.29 is 4.79 Å². The van der Waals surface area contributed by atoms with E-state index in [0.29, 0.717) is 18.4 Å². The van der Waals surface area contributed by atoms with Crippen LogP contribution in [0.5, 0.6) is 0 Å². The van der Waals surface area contributed by atoms with Crippen molar-refractivity contribution in [1.29, 1.82) is 0 Å². The van der Waals surface area contributed by atoms with Crippen LogP contribution in [0.25, 0.3) is 0 Å². The molecule has 0 saturated heterocycles. The third-order valence-electron chi connectivity index (χ3n) is 5.39. The molecule has 0 spiro atoms. The molecule has 0 radical (unpaired) electrons. The standard InChI is InChI=1S/C22H23BrN2O/c1-2-12-24-22(26)15-8-11-20-19(13-15)17-4-3-5-18(17)21(25-20)14-6-9-16(23)10-7-14/h3-4,6-11,13,17-18,21,25H,2,5,12H2,1H3,(H,24,26)/t17-,18+,21-/m1/s1. The van der Waals surface area contributed by atoms with Gasteiger partial charge in [0, 0.05) is 28.2 Å². The highest BCUT2D eigenvalue weighted by atomic mass is 79.9. The van der Waals surface area contributed by atoms with Crippen molar-refractivity contribution in [1.82, 2.24) is 5.32 Å². The topological polar surface area (TPSA) is 41.1 Å². The van der Waals surface area contributed by atoms with E-state index in [0.717, 1.165) is 28.6 Å². The number of rotatable bonds is 4. The molecule has 0 bridgehead atoms. The third-order valence-corrected chi connectivity index (χ3v) is 5.92. The summed E-state index contributed by atoms with van der Waals surface area (Å²) in [7, 11) is 0. The monoisotopic (exact) mass is 410 g/mol. The fourth-order valence-corrected chi connectivity index (χ4v) is 4.34. The molecule has 2 N–H and O–H groups in total. The third kappa shape index (κ3) is 3.18. The van der Waals surface area contributed by atoms with E-state index < -0.39 is 0 Å². The fraction of sp³-hybridized carbons (Fsp3) is 0.318. The minimum atomic E-state index is 0.0169. The fourth-order valence-electron chi connectivity index (χ4n) is 4.08. The number of amides is 1. The number of hydrogen-bond acceptors (Lipinski definition) is 2. The van der Waals surface area contributed by atoms with Gasteiger partial charge in [-0.25, -0.2) is 0 Å². The number of benzene rings is 2. The van der Waals surface area contributed by atoms with Crippen molar-refractivity contribution >= 4 is 27.5 Å². The lowest BCUT2D eigenvalue weighted by Crippen LogP contribution is -2.30. The molecule has 2 aliphatic rings. The van der Waals surface area contributed by atoms with Crippen LogP contribution < -0.4 is 10.6 Å². The van der Waals surface area contributed by atoms with Gasteiger partial charge in [-0.3, -0.25) is 4.79 Å². The van der Waals surface area contributed by atoms with Gasteiger partial charge in [0.1, 0.15) is 0 Å². The highest BCUT2D eigenvalue weighted by Gasteiger charge is 2.38. The molecule has 0 fully saturated rings. The first kappa shape index (κ1) is 17.3. The van der Waals surface area contributed by atoms with Crippen LogP contribution in [0.15, 0.2) is 59.1 Å². The second kappa shape index (κ2) is 7.28. The molecule has 4 heteroatoms. The summed E-state index contributed by atoms with van der Waals surface area (Å²) in [6, 6.07) is 14.9. The van der Waals surface area contributed by atoms with Gasteiger partial charge in [-0.2, -0.15) is 0 Å². The van der Waals surface area contributed by atoms with Crippen LogP contribution in [0.1, 0.15) is 53.2 Å². The van der Waals surface area contributed by atoms with E-state index in [1.807, 2.05) is 6.07 Å². The highest BCUT2D eigenvalue weighted by Crippen LogP contribution is 2.49. The predicted molar refractivity (Wildman–Crippen MR) is 110 cm³/mol. The predicted octanol–water partition coefficient (Wildman–Crippen LogP) is 5.42. The summed E-state index contributed by atoms with van der Waals surface area (Å²) in [6.45, 7) is 2.78. The largest absolute Gasteiger partial charge is 0.378 e. The molecule has 1 heterocycles. The minimum Gasteiger partial charge on any atom is -0.378 e. The van der Waals surface area contributed by atoms with Crippen LogP contribution in [0.3, 0.4) is 0 Å². The Morgan fingerprint density at radius 3 is 2.81 bits per heavy atom. The number of carbonyl (C=O) groups is 1. The first-order valence-corrected chi connectivity index (χ1v) is 10.1. The molecule has 0 saturated carbocycles.